The zero-order valence-corrected chi connectivity index (χ0v) is 16.3. The lowest BCUT2D eigenvalue weighted by molar-refractivity contribution is -0.135. The summed E-state index contributed by atoms with van der Waals surface area (Å²) in [6, 6.07) is 5.95. The van der Waals surface area contributed by atoms with Crippen molar-refractivity contribution in [1.29, 1.82) is 0 Å². The third-order valence-electron chi connectivity index (χ3n) is 4.27. The number of nitrogens with zero attached hydrogens (tertiary/aromatic N) is 2. The van der Waals surface area contributed by atoms with Crippen LogP contribution in [-0.2, 0) is 4.79 Å². The van der Waals surface area contributed by atoms with E-state index in [0.29, 0.717) is 10.1 Å². The van der Waals surface area contributed by atoms with E-state index in [1.807, 2.05) is 18.2 Å². The van der Waals surface area contributed by atoms with Gasteiger partial charge in [-0.15, -0.1) is 11.3 Å². The summed E-state index contributed by atoms with van der Waals surface area (Å²) in [5.74, 6) is -2.29. The van der Waals surface area contributed by atoms with Gasteiger partial charge < -0.3 is 20.4 Å². The van der Waals surface area contributed by atoms with Crippen LogP contribution in [0.2, 0.25) is 5.15 Å². The molecule has 27 heavy (non-hydrogen) atoms. The second-order valence-electron chi connectivity index (χ2n) is 5.84. The Hall–Kier alpha value is -2.58. The molecule has 3 N–H and O–H groups in total. The average molecular weight is 408 g/mol. The number of benzene rings is 1. The van der Waals surface area contributed by atoms with Gasteiger partial charge in [-0.1, -0.05) is 11.6 Å². The summed E-state index contributed by atoms with van der Waals surface area (Å²) in [6.45, 7) is 5.28. The molecule has 1 aromatic carbocycles. The monoisotopic (exact) mass is 407 g/mol. The number of rotatable bonds is 6. The minimum Gasteiger partial charge on any atom is -0.504 e. The molecule has 0 fully saturated rings. The van der Waals surface area contributed by atoms with Crippen LogP contribution in [0.1, 0.15) is 24.3 Å². The molecule has 1 amide bonds. The lowest BCUT2D eigenvalue weighted by Crippen LogP contribution is -2.30. The minimum atomic E-state index is -1.19. The van der Waals surface area contributed by atoms with Crippen molar-refractivity contribution in [1.82, 2.24) is 10.3 Å². The Morgan fingerprint density at radius 2 is 2.00 bits per heavy atom. The van der Waals surface area contributed by atoms with E-state index in [2.05, 4.69) is 29.0 Å². The van der Waals surface area contributed by atoms with Crippen LogP contribution in [-0.4, -0.2) is 46.7 Å². The Morgan fingerprint density at radius 3 is 2.63 bits per heavy atom. The molecule has 0 aliphatic carbocycles. The van der Waals surface area contributed by atoms with Crippen LogP contribution < -0.4 is 10.2 Å². The van der Waals surface area contributed by atoms with Crippen molar-refractivity contribution in [3.63, 3.8) is 0 Å². The fraction of sp³-hybridized carbons (Fsp3) is 0.278. The van der Waals surface area contributed by atoms with Gasteiger partial charge in [0.25, 0.3) is 5.91 Å². The number of aliphatic carboxylic acids is 1. The maximum Gasteiger partial charge on any atom is 0.322 e. The maximum absolute atomic E-state index is 12.1. The number of hydrogen-bond acceptors (Lipinski definition) is 6. The molecule has 2 heterocycles. The standard InChI is InChI=1S/C18H18ClN3O4S/c1-3-22(4-2)9-5-6-11-10(7-9)13-16(27-11)15(25)14(21-17(13)19)18(26)20-8-12(23)24/h5-7,25H,3-4,8H2,1-2H3,(H,20,26)(H,23,24). The highest BCUT2D eigenvalue weighted by molar-refractivity contribution is 7.26. The first kappa shape index (κ1) is 19.2. The summed E-state index contributed by atoms with van der Waals surface area (Å²) in [5, 5.41) is 22.9. The summed E-state index contributed by atoms with van der Waals surface area (Å²) >= 11 is 7.64. The number of nitrogens with one attached hydrogen (secondary N) is 1. The van der Waals surface area contributed by atoms with Gasteiger partial charge in [-0.3, -0.25) is 9.59 Å². The second-order valence-corrected chi connectivity index (χ2v) is 7.25. The van der Waals surface area contributed by atoms with Crippen LogP contribution in [0.4, 0.5) is 5.69 Å². The van der Waals surface area contributed by atoms with Crippen molar-refractivity contribution in [3.05, 3.63) is 29.0 Å². The molecule has 9 heteroatoms. The van der Waals surface area contributed by atoms with E-state index in [9.17, 15) is 14.7 Å². The van der Waals surface area contributed by atoms with E-state index in [1.54, 1.807) is 0 Å². The number of hydrogen-bond donors (Lipinski definition) is 3. The van der Waals surface area contributed by atoms with Gasteiger partial charge in [0.1, 0.15) is 11.7 Å². The lowest BCUT2D eigenvalue weighted by Gasteiger charge is -2.21. The normalized spacial score (nSPS) is 11.1. The number of pyridine rings is 1. The molecule has 2 aromatic heterocycles. The van der Waals surface area contributed by atoms with Gasteiger partial charge in [-0.25, -0.2) is 4.98 Å². The Kier molecular flexibility index (Phi) is 5.38. The van der Waals surface area contributed by atoms with E-state index in [1.165, 1.54) is 11.3 Å². The fourth-order valence-corrected chi connectivity index (χ4v) is 4.42. The van der Waals surface area contributed by atoms with Gasteiger partial charge in [0.05, 0.1) is 4.70 Å². The second kappa shape index (κ2) is 7.58. The van der Waals surface area contributed by atoms with E-state index < -0.39 is 18.4 Å². The number of carbonyl (C=O) groups excluding carboxylic acids is 1. The Morgan fingerprint density at radius 1 is 1.30 bits per heavy atom. The Balaban J connectivity index is 2.16. The summed E-state index contributed by atoms with van der Waals surface area (Å²) in [7, 11) is 0. The number of halogens is 1. The Bertz CT molecular complexity index is 1050. The quantitative estimate of drug-likeness (QED) is 0.540. The number of carbonyl (C=O) groups is 2. The van der Waals surface area contributed by atoms with Gasteiger partial charge in [-0.2, -0.15) is 0 Å². The van der Waals surface area contributed by atoms with Gasteiger partial charge in [0.15, 0.2) is 11.4 Å². The predicted molar refractivity (Wildman–Crippen MR) is 107 cm³/mol. The van der Waals surface area contributed by atoms with Crippen molar-refractivity contribution in [2.75, 3.05) is 24.5 Å². The third-order valence-corrected chi connectivity index (χ3v) is 5.72. The van der Waals surface area contributed by atoms with Crippen molar-refractivity contribution in [3.8, 4) is 5.75 Å². The predicted octanol–water partition coefficient (Wildman–Crippen LogP) is 3.47. The average Bonchev–Trinajstić information content (AvgIpc) is 3.03. The Labute approximate surface area is 164 Å². The molecule has 0 aliphatic heterocycles. The largest absolute Gasteiger partial charge is 0.504 e. The molecular formula is C18H18ClN3O4S. The van der Waals surface area contributed by atoms with Crippen LogP contribution in [0.15, 0.2) is 18.2 Å². The molecule has 0 radical (unpaired) electrons. The molecule has 0 spiro atoms. The minimum absolute atomic E-state index is 0.0891. The summed E-state index contributed by atoms with van der Waals surface area (Å²) < 4.78 is 1.35. The molecule has 0 bridgehead atoms. The third kappa shape index (κ3) is 3.50. The van der Waals surface area contributed by atoms with E-state index >= 15 is 0 Å². The van der Waals surface area contributed by atoms with Crippen molar-refractivity contribution in [2.24, 2.45) is 0 Å². The number of carboxylic acids is 1. The first-order chi connectivity index (χ1) is 12.9. The molecule has 0 saturated carbocycles. The number of carboxylic acid groups (broad SMARTS) is 1. The van der Waals surface area contributed by atoms with Gasteiger partial charge in [0, 0.05) is 34.2 Å². The van der Waals surface area contributed by atoms with Crippen LogP contribution in [0, 0.1) is 0 Å². The molecular weight excluding hydrogens is 390 g/mol. The number of fused-ring (bicyclic) bond motifs is 3. The number of thiophene rings is 1. The van der Waals surface area contributed by atoms with Crippen molar-refractivity contribution < 1.29 is 19.8 Å². The van der Waals surface area contributed by atoms with Gasteiger partial charge in [0.2, 0.25) is 0 Å². The first-order valence-electron chi connectivity index (χ1n) is 8.37. The molecule has 7 nitrogen and oxygen atoms in total. The molecule has 3 aromatic rings. The zero-order valence-electron chi connectivity index (χ0n) is 14.7. The fourth-order valence-electron chi connectivity index (χ4n) is 2.96. The summed E-state index contributed by atoms with van der Waals surface area (Å²) in [4.78, 5) is 29.0. The van der Waals surface area contributed by atoms with E-state index in [-0.39, 0.29) is 16.6 Å². The van der Waals surface area contributed by atoms with E-state index in [4.69, 9.17) is 16.7 Å². The van der Waals surface area contributed by atoms with Crippen molar-refractivity contribution in [2.45, 2.75) is 13.8 Å². The molecule has 142 valence electrons. The molecule has 0 atom stereocenters. The molecule has 3 rings (SSSR count). The smallest absolute Gasteiger partial charge is 0.322 e. The molecule has 0 aliphatic rings. The van der Waals surface area contributed by atoms with Gasteiger partial charge >= 0.3 is 5.97 Å². The summed E-state index contributed by atoms with van der Waals surface area (Å²) in [5.41, 5.74) is 0.746. The topological polar surface area (TPSA) is 103 Å². The SMILES string of the molecule is CCN(CC)c1ccc2sc3c(O)c(C(=O)NCC(=O)O)nc(Cl)c3c2c1. The van der Waals surface area contributed by atoms with Crippen LogP contribution in [0.25, 0.3) is 20.2 Å². The van der Waals surface area contributed by atoms with Gasteiger partial charge in [-0.05, 0) is 32.0 Å². The highest BCUT2D eigenvalue weighted by atomic mass is 35.5. The van der Waals surface area contributed by atoms with Crippen molar-refractivity contribution >= 4 is 60.7 Å². The summed E-state index contributed by atoms with van der Waals surface area (Å²) in [6.07, 6.45) is 0. The number of amides is 1. The van der Waals surface area contributed by atoms with E-state index in [0.717, 1.165) is 28.9 Å². The maximum atomic E-state index is 12.1. The number of aromatic hydroxyl groups is 1. The van der Waals surface area contributed by atoms with Crippen LogP contribution in [0.3, 0.4) is 0 Å². The molecule has 0 saturated heterocycles. The lowest BCUT2D eigenvalue weighted by atomic mass is 10.1. The number of aromatic nitrogens is 1. The zero-order chi connectivity index (χ0) is 19.7. The van der Waals surface area contributed by atoms with Crippen LogP contribution in [0.5, 0.6) is 5.75 Å². The number of anilines is 1. The highest BCUT2D eigenvalue weighted by Gasteiger charge is 2.22. The first-order valence-corrected chi connectivity index (χ1v) is 9.56. The highest BCUT2D eigenvalue weighted by Crippen LogP contribution is 2.44. The van der Waals surface area contributed by atoms with Crippen LogP contribution >= 0.6 is 22.9 Å². The molecule has 0 unspecified atom stereocenters.